The van der Waals surface area contributed by atoms with Gasteiger partial charge in [0.1, 0.15) is 25.3 Å². The maximum Gasteiger partial charge on any atom is 0.328 e. The number of carbonyl (C=O) groups excluding carboxylic acids is 4. The molecule has 0 heterocycles. The van der Waals surface area contributed by atoms with Crippen LogP contribution in [0.4, 0.5) is 0 Å². The number of carbonyl (C=O) groups is 4. The van der Waals surface area contributed by atoms with Crippen LogP contribution in [0.2, 0.25) is 0 Å². The summed E-state index contributed by atoms with van der Waals surface area (Å²) in [5, 5.41) is 5.75. The summed E-state index contributed by atoms with van der Waals surface area (Å²) >= 11 is 0. The van der Waals surface area contributed by atoms with Crippen LogP contribution in [0.5, 0.6) is 0 Å². The van der Waals surface area contributed by atoms with Crippen molar-refractivity contribution in [3.05, 3.63) is 108 Å². The van der Waals surface area contributed by atoms with E-state index in [1.54, 1.807) is 0 Å². The molecule has 2 amide bonds. The molecule has 3 aromatic rings. The number of esters is 2. The van der Waals surface area contributed by atoms with Gasteiger partial charge in [-0.2, -0.15) is 0 Å². The predicted octanol–water partition coefficient (Wildman–Crippen LogP) is 9.34. The standard InChI is InChI=1S/C45H62N2O6/c1-2-3-4-5-6-7-8-9-10-11-12-13-23-30-42(48)46-40(32-31-37-24-17-14-18-25-37)44(50)47-41(45(51)53-36-39-28-21-16-22-29-39)33-34-43(49)52-35-38-26-19-15-20-27-38/h14-22,24-29,40-41H,2-13,23,30-36H2,1H3,(H,46,48)(H,47,50). The molecule has 3 rings (SSSR count). The van der Waals surface area contributed by atoms with Gasteiger partial charge >= 0.3 is 11.9 Å². The molecule has 0 radical (unpaired) electrons. The van der Waals surface area contributed by atoms with Gasteiger partial charge in [0.15, 0.2) is 0 Å². The zero-order valence-electron chi connectivity index (χ0n) is 31.9. The fraction of sp³-hybridized carbons (Fsp3) is 0.511. The first-order valence-corrected chi connectivity index (χ1v) is 20.0. The van der Waals surface area contributed by atoms with Gasteiger partial charge in [-0.25, -0.2) is 4.79 Å². The first kappa shape index (κ1) is 42.9. The van der Waals surface area contributed by atoms with E-state index in [9.17, 15) is 19.2 Å². The lowest BCUT2D eigenvalue weighted by Gasteiger charge is -2.23. The van der Waals surface area contributed by atoms with Gasteiger partial charge in [-0.05, 0) is 42.4 Å². The molecule has 2 N–H and O–H groups in total. The molecule has 0 saturated heterocycles. The lowest BCUT2D eigenvalue weighted by Crippen LogP contribution is -2.52. The molecule has 2 atom stereocenters. The second kappa shape index (κ2) is 27.2. The molecule has 3 aromatic carbocycles. The summed E-state index contributed by atoms with van der Waals surface area (Å²) in [7, 11) is 0. The van der Waals surface area contributed by atoms with Crippen LogP contribution >= 0.6 is 0 Å². The number of nitrogens with one attached hydrogen (secondary N) is 2. The van der Waals surface area contributed by atoms with Crippen molar-refractivity contribution < 1.29 is 28.7 Å². The number of hydrogen-bond acceptors (Lipinski definition) is 6. The molecule has 0 fully saturated rings. The molecule has 8 nitrogen and oxygen atoms in total. The van der Waals surface area contributed by atoms with Gasteiger partial charge in [0.25, 0.3) is 0 Å². The summed E-state index contributed by atoms with van der Waals surface area (Å²) in [5.41, 5.74) is 2.69. The molecule has 288 valence electrons. The number of benzene rings is 3. The van der Waals surface area contributed by atoms with Crippen molar-refractivity contribution in [2.45, 2.75) is 148 Å². The molecule has 2 unspecified atom stereocenters. The van der Waals surface area contributed by atoms with Crippen LogP contribution in [-0.4, -0.2) is 35.8 Å². The number of amides is 2. The van der Waals surface area contributed by atoms with Gasteiger partial charge in [-0.1, -0.05) is 175 Å². The number of unbranched alkanes of at least 4 members (excludes halogenated alkanes) is 12. The summed E-state index contributed by atoms with van der Waals surface area (Å²) < 4.78 is 11.0. The average molecular weight is 727 g/mol. The van der Waals surface area contributed by atoms with E-state index in [1.165, 1.54) is 64.2 Å². The number of rotatable bonds is 28. The lowest BCUT2D eigenvalue weighted by molar-refractivity contribution is -0.150. The summed E-state index contributed by atoms with van der Waals surface area (Å²) in [5.74, 6) is -1.82. The Balaban J connectivity index is 1.52. The number of aryl methyl sites for hydroxylation is 1. The Morgan fingerprint density at radius 2 is 0.981 bits per heavy atom. The van der Waals surface area contributed by atoms with Gasteiger partial charge in [-0.15, -0.1) is 0 Å². The Morgan fingerprint density at radius 3 is 1.51 bits per heavy atom. The van der Waals surface area contributed by atoms with Gasteiger partial charge in [0.05, 0.1) is 0 Å². The molecule has 0 saturated carbocycles. The molecular formula is C45H62N2O6. The summed E-state index contributed by atoms with van der Waals surface area (Å²) in [6, 6.07) is 26.4. The molecular weight excluding hydrogens is 665 g/mol. The maximum atomic E-state index is 13.8. The molecule has 8 heteroatoms. The van der Waals surface area contributed by atoms with Gasteiger partial charge in [0, 0.05) is 12.8 Å². The molecule has 53 heavy (non-hydrogen) atoms. The molecule has 0 aliphatic rings. The van der Waals surface area contributed by atoms with Crippen molar-refractivity contribution in [1.82, 2.24) is 10.6 Å². The fourth-order valence-corrected chi connectivity index (χ4v) is 6.22. The van der Waals surface area contributed by atoms with E-state index in [0.29, 0.717) is 19.3 Å². The summed E-state index contributed by atoms with van der Waals surface area (Å²) in [4.78, 5) is 52.9. The largest absolute Gasteiger partial charge is 0.461 e. The Bertz CT molecular complexity index is 1430. The van der Waals surface area contributed by atoms with Crippen LogP contribution in [0.3, 0.4) is 0 Å². The molecule has 0 aliphatic carbocycles. The van der Waals surface area contributed by atoms with E-state index in [4.69, 9.17) is 9.47 Å². The van der Waals surface area contributed by atoms with Crippen molar-refractivity contribution >= 4 is 23.8 Å². The number of hydrogen-bond donors (Lipinski definition) is 2. The minimum atomic E-state index is -1.10. The predicted molar refractivity (Wildman–Crippen MR) is 211 cm³/mol. The average Bonchev–Trinajstić information content (AvgIpc) is 3.19. The summed E-state index contributed by atoms with van der Waals surface area (Å²) in [6.07, 6.45) is 17.0. The minimum Gasteiger partial charge on any atom is -0.461 e. The van der Waals surface area contributed by atoms with E-state index < -0.39 is 29.9 Å². The first-order valence-electron chi connectivity index (χ1n) is 20.0. The van der Waals surface area contributed by atoms with E-state index in [-0.39, 0.29) is 32.0 Å². The van der Waals surface area contributed by atoms with E-state index in [0.717, 1.165) is 36.0 Å². The second-order valence-corrected chi connectivity index (χ2v) is 14.0. The van der Waals surface area contributed by atoms with Crippen molar-refractivity contribution in [3.8, 4) is 0 Å². The Labute approximate surface area is 317 Å². The highest BCUT2D eigenvalue weighted by atomic mass is 16.5. The highest BCUT2D eigenvalue weighted by molar-refractivity contribution is 5.91. The van der Waals surface area contributed by atoms with Crippen LogP contribution in [0.1, 0.15) is 133 Å². The topological polar surface area (TPSA) is 111 Å². The van der Waals surface area contributed by atoms with Crippen molar-refractivity contribution in [3.63, 3.8) is 0 Å². The quantitative estimate of drug-likeness (QED) is 0.0570. The van der Waals surface area contributed by atoms with Crippen molar-refractivity contribution in [1.29, 1.82) is 0 Å². The van der Waals surface area contributed by atoms with Crippen molar-refractivity contribution in [2.75, 3.05) is 0 Å². The Kier molecular flexibility index (Phi) is 22.0. The zero-order valence-corrected chi connectivity index (χ0v) is 31.9. The third kappa shape index (κ3) is 19.8. The normalized spacial score (nSPS) is 12.0. The molecule has 0 spiro atoms. The SMILES string of the molecule is CCCCCCCCCCCCCCCC(=O)NC(CCc1ccccc1)C(=O)NC(CCC(=O)OCc1ccccc1)C(=O)OCc1ccccc1. The number of ether oxygens (including phenoxy) is 2. The highest BCUT2D eigenvalue weighted by Crippen LogP contribution is 2.14. The third-order valence-electron chi connectivity index (χ3n) is 9.43. The Morgan fingerprint density at radius 1 is 0.509 bits per heavy atom. The van der Waals surface area contributed by atoms with Crippen LogP contribution in [0.25, 0.3) is 0 Å². The molecule has 0 bridgehead atoms. The van der Waals surface area contributed by atoms with E-state index in [1.807, 2.05) is 91.0 Å². The second-order valence-electron chi connectivity index (χ2n) is 14.0. The lowest BCUT2D eigenvalue weighted by atomic mass is 10.0. The van der Waals surface area contributed by atoms with Crippen LogP contribution in [-0.2, 0) is 48.3 Å². The van der Waals surface area contributed by atoms with Crippen LogP contribution < -0.4 is 10.6 Å². The van der Waals surface area contributed by atoms with E-state index in [2.05, 4.69) is 17.6 Å². The smallest absolute Gasteiger partial charge is 0.328 e. The zero-order chi connectivity index (χ0) is 37.8. The first-order chi connectivity index (χ1) is 25.9. The summed E-state index contributed by atoms with van der Waals surface area (Å²) in [6.45, 7) is 2.39. The van der Waals surface area contributed by atoms with Gasteiger partial charge in [-0.3, -0.25) is 14.4 Å². The Hall–Kier alpha value is -4.46. The van der Waals surface area contributed by atoms with Crippen LogP contribution in [0.15, 0.2) is 91.0 Å². The van der Waals surface area contributed by atoms with Gasteiger partial charge < -0.3 is 20.1 Å². The van der Waals surface area contributed by atoms with Gasteiger partial charge in [0.2, 0.25) is 11.8 Å². The molecule has 0 aliphatic heterocycles. The monoisotopic (exact) mass is 726 g/mol. The third-order valence-corrected chi connectivity index (χ3v) is 9.43. The van der Waals surface area contributed by atoms with Crippen LogP contribution in [0, 0.1) is 0 Å². The molecule has 0 aromatic heterocycles. The van der Waals surface area contributed by atoms with E-state index >= 15 is 0 Å². The fourth-order valence-electron chi connectivity index (χ4n) is 6.22. The van der Waals surface area contributed by atoms with Crippen molar-refractivity contribution in [2.24, 2.45) is 0 Å². The maximum absolute atomic E-state index is 13.8. The highest BCUT2D eigenvalue weighted by Gasteiger charge is 2.28. The minimum absolute atomic E-state index is 0.00863.